The van der Waals surface area contributed by atoms with Crippen LogP contribution in [0.3, 0.4) is 0 Å². The molecule has 0 aliphatic carbocycles. The number of alkyl carbamates (subject to hydrolysis) is 4. The van der Waals surface area contributed by atoms with E-state index in [0.29, 0.717) is 51.6 Å². The van der Waals surface area contributed by atoms with Crippen LogP contribution < -0.4 is 58.5 Å². The second-order valence-corrected chi connectivity index (χ2v) is 22.9. The summed E-state index contributed by atoms with van der Waals surface area (Å²) < 4.78 is 21.1. The molecule has 0 aromatic heterocycles. The molecule has 11 amide bonds. The predicted octanol–water partition coefficient (Wildman–Crippen LogP) is 3.64. The molecule has 2 rings (SSSR count). The smallest absolute Gasteiger partial charge is 0.407 e. The van der Waals surface area contributed by atoms with Gasteiger partial charge in [-0.15, -0.1) is 0 Å². The molecule has 11 N–H and O–H groups in total. The van der Waals surface area contributed by atoms with E-state index < -0.39 is 120 Å². The predicted molar refractivity (Wildman–Crippen MR) is 303 cm³/mol. The Balaban J connectivity index is 2.30. The molecule has 26 heteroatoms. The molecule has 0 radical (unpaired) electrons. The van der Waals surface area contributed by atoms with E-state index in [1.54, 1.807) is 62.3 Å². The van der Waals surface area contributed by atoms with Crippen LogP contribution in [-0.2, 0) is 59.1 Å². The van der Waals surface area contributed by atoms with Crippen molar-refractivity contribution < 1.29 is 71.7 Å². The molecule has 1 aromatic carbocycles. The quantitative estimate of drug-likeness (QED) is 0.0443. The summed E-state index contributed by atoms with van der Waals surface area (Å²) in [6.45, 7) is 15.5. The van der Waals surface area contributed by atoms with E-state index in [1.165, 1.54) is 0 Å². The SMILES string of the molecule is CC(C)(C)OC(=O)NCCCC[C@@H]1NC(=O)CNC(=O)[C@H](CCCCNC(=O)OC(C)(C)C)NC(=O)[C@H](CCC(=O)NCCCCCCNC(=O)OCc2ccccc2)NC(=O)[C@H](CCCCNC(=O)OC(C)(C)C)NC(=O)CNC1=O. The zero-order valence-electron chi connectivity index (χ0n) is 49.6. The molecule has 1 aromatic rings. The summed E-state index contributed by atoms with van der Waals surface area (Å²) in [6, 6.07) is 4.02. The van der Waals surface area contributed by atoms with Crippen molar-refractivity contribution in [1.29, 1.82) is 0 Å². The van der Waals surface area contributed by atoms with E-state index >= 15 is 0 Å². The van der Waals surface area contributed by atoms with E-state index in [1.807, 2.05) is 30.3 Å². The Morgan fingerprint density at radius 3 is 1.17 bits per heavy atom. The highest BCUT2D eigenvalue weighted by molar-refractivity contribution is 5.97. The highest BCUT2D eigenvalue weighted by Crippen LogP contribution is 2.12. The van der Waals surface area contributed by atoms with Gasteiger partial charge >= 0.3 is 24.4 Å². The van der Waals surface area contributed by atoms with Crippen molar-refractivity contribution in [3.63, 3.8) is 0 Å². The number of unbranched alkanes of at least 4 members (excludes halogenated alkanes) is 6. The van der Waals surface area contributed by atoms with Gasteiger partial charge < -0.3 is 77.4 Å². The zero-order valence-corrected chi connectivity index (χ0v) is 49.6. The first-order chi connectivity index (χ1) is 38.6. The molecule has 1 heterocycles. The number of hydrogen-bond acceptors (Lipinski definition) is 15. The lowest BCUT2D eigenvalue weighted by Gasteiger charge is -2.26. The van der Waals surface area contributed by atoms with Gasteiger partial charge in [0.15, 0.2) is 0 Å². The average molecular weight is 1160 g/mol. The van der Waals surface area contributed by atoms with E-state index in [2.05, 4.69) is 58.5 Å². The molecule has 0 spiro atoms. The third-order valence-electron chi connectivity index (χ3n) is 11.7. The molecule has 1 saturated heterocycles. The molecule has 4 atom stereocenters. The summed E-state index contributed by atoms with van der Waals surface area (Å²) in [5.74, 6) is -5.21. The van der Waals surface area contributed by atoms with Crippen LogP contribution >= 0.6 is 0 Å². The lowest BCUT2D eigenvalue weighted by Crippen LogP contribution is -2.58. The monoisotopic (exact) mass is 1160 g/mol. The van der Waals surface area contributed by atoms with Gasteiger partial charge in [0.25, 0.3) is 0 Å². The maximum absolute atomic E-state index is 14.3. The number of rotatable bonds is 27. The lowest BCUT2D eigenvalue weighted by molar-refractivity contribution is -0.135. The second kappa shape index (κ2) is 37.6. The summed E-state index contributed by atoms with van der Waals surface area (Å²) in [5, 5.41) is 29.0. The summed E-state index contributed by atoms with van der Waals surface area (Å²) in [4.78, 5) is 145. The molecular formula is C56H93N11O15. The molecule has 1 aliphatic rings. The molecular weight excluding hydrogens is 1070 g/mol. The van der Waals surface area contributed by atoms with Crippen molar-refractivity contribution >= 4 is 65.7 Å². The third-order valence-corrected chi connectivity index (χ3v) is 11.7. The van der Waals surface area contributed by atoms with Crippen LogP contribution in [0.15, 0.2) is 30.3 Å². The Morgan fingerprint density at radius 2 is 0.768 bits per heavy atom. The van der Waals surface area contributed by atoms with Gasteiger partial charge in [-0.2, -0.15) is 0 Å². The van der Waals surface area contributed by atoms with Gasteiger partial charge in [-0.1, -0.05) is 43.2 Å². The largest absolute Gasteiger partial charge is 0.445 e. The number of benzene rings is 1. The molecule has 1 fully saturated rings. The minimum atomic E-state index is -1.44. The maximum Gasteiger partial charge on any atom is 0.407 e. The Morgan fingerprint density at radius 1 is 0.427 bits per heavy atom. The van der Waals surface area contributed by atoms with Crippen molar-refractivity contribution in [2.24, 2.45) is 0 Å². The summed E-state index contributed by atoms with van der Waals surface area (Å²) in [5.41, 5.74) is -1.34. The van der Waals surface area contributed by atoms with Gasteiger partial charge in [0.05, 0.1) is 13.1 Å². The van der Waals surface area contributed by atoms with Crippen molar-refractivity contribution in [2.75, 3.05) is 45.8 Å². The van der Waals surface area contributed by atoms with Gasteiger partial charge in [-0.3, -0.25) is 33.6 Å². The topological polar surface area (TPSA) is 357 Å². The van der Waals surface area contributed by atoms with E-state index in [9.17, 15) is 52.7 Å². The van der Waals surface area contributed by atoms with E-state index in [-0.39, 0.29) is 71.2 Å². The van der Waals surface area contributed by atoms with Crippen LogP contribution in [-0.4, -0.2) is 153 Å². The molecule has 1 aliphatic heterocycles. The van der Waals surface area contributed by atoms with E-state index in [4.69, 9.17) is 18.9 Å². The molecule has 462 valence electrons. The van der Waals surface area contributed by atoms with Crippen LogP contribution in [0.5, 0.6) is 0 Å². The first kappa shape index (κ1) is 70.7. The lowest BCUT2D eigenvalue weighted by atomic mass is 10.0. The van der Waals surface area contributed by atoms with Crippen molar-refractivity contribution in [1.82, 2.24) is 58.5 Å². The van der Waals surface area contributed by atoms with Gasteiger partial charge in [0, 0.05) is 39.1 Å². The molecule has 26 nitrogen and oxygen atoms in total. The summed E-state index contributed by atoms with van der Waals surface area (Å²) >= 11 is 0. The van der Waals surface area contributed by atoms with Crippen molar-refractivity contribution in [3.05, 3.63) is 35.9 Å². The first-order valence-electron chi connectivity index (χ1n) is 28.5. The van der Waals surface area contributed by atoms with Crippen molar-refractivity contribution in [2.45, 2.75) is 206 Å². The fourth-order valence-corrected chi connectivity index (χ4v) is 7.79. The van der Waals surface area contributed by atoms with Crippen LogP contribution in [0, 0.1) is 0 Å². The second-order valence-electron chi connectivity index (χ2n) is 22.9. The van der Waals surface area contributed by atoms with Gasteiger partial charge in [-0.05, 0) is 145 Å². The first-order valence-corrected chi connectivity index (χ1v) is 28.5. The number of amides is 11. The van der Waals surface area contributed by atoms with Crippen LogP contribution in [0.25, 0.3) is 0 Å². The standard InChI is InChI=1S/C56H93N11O15/c1-54(2,3)80-51(76)59-32-20-15-25-39-46(71)62-36-45(70)65-41(27-17-22-34-61-53(78)82-56(7,8)9)48(73)67-42(28-29-43(68)57-30-18-10-11-19-31-58-50(75)79-37-38-23-13-12-14-24-38)49(74)66-40(47(72)63-35-44(69)64-39)26-16-21-33-60-52(77)81-55(4,5)6/h12-14,23-24,39-42H,10-11,15-22,25-37H2,1-9H3,(H,57,68)(H,58,75)(H,59,76)(H,60,77)(H,61,78)(H,62,71)(H,63,72)(H,64,69)(H,65,70)(H,66,74)(H,67,73)/t39-,40-,41-,42-/m0/s1. The van der Waals surface area contributed by atoms with Crippen LogP contribution in [0.4, 0.5) is 19.2 Å². The fourth-order valence-electron chi connectivity index (χ4n) is 7.79. The maximum atomic E-state index is 14.3. The number of ether oxygens (including phenoxy) is 4. The van der Waals surface area contributed by atoms with E-state index in [0.717, 1.165) is 18.4 Å². The zero-order chi connectivity index (χ0) is 61.1. The molecule has 0 bridgehead atoms. The number of hydrogen-bond donors (Lipinski definition) is 11. The van der Waals surface area contributed by atoms with Crippen LogP contribution in [0.1, 0.15) is 164 Å². The summed E-state index contributed by atoms with van der Waals surface area (Å²) in [7, 11) is 0. The van der Waals surface area contributed by atoms with Crippen LogP contribution in [0.2, 0.25) is 0 Å². The fraction of sp³-hybridized carbons (Fsp3) is 0.696. The number of carbonyl (C=O) groups excluding carboxylic acids is 11. The number of carbonyl (C=O) groups is 11. The van der Waals surface area contributed by atoms with Gasteiger partial charge in [0.2, 0.25) is 41.4 Å². The summed E-state index contributed by atoms with van der Waals surface area (Å²) in [6.07, 6.45) is 1.74. The Labute approximate surface area is 482 Å². The Bertz CT molecular complexity index is 2180. The van der Waals surface area contributed by atoms with Gasteiger partial charge in [0.1, 0.15) is 47.6 Å². The van der Waals surface area contributed by atoms with Gasteiger partial charge in [-0.25, -0.2) is 19.2 Å². The average Bonchev–Trinajstić information content (AvgIpc) is 3.39. The number of nitrogens with one attached hydrogen (secondary N) is 11. The minimum absolute atomic E-state index is 0.0108. The molecule has 82 heavy (non-hydrogen) atoms. The molecule has 0 saturated carbocycles. The Hall–Kier alpha value is -7.41. The molecule has 0 unspecified atom stereocenters. The third kappa shape index (κ3) is 35.3. The van der Waals surface area contributed by atoms with Crippen molar-refractivity contribution in [3.8, 4) is 0 Å². The minimum Gasteiger partial charge on any atom is -0.445 e. The highest BCUT2D eigenvalue weighted by atomic mass is 16.6. The Kier molecular flexibility index (Phi) is 32.4. The highest BCUT2D eigenvalue weighted by Gasteiger charge is 2.32. The normalized spacial score (nSPS) is 17.8.